The summed E-state index contributed by atoms with van der Waals surface area (Å²) in [6, 6.07) is 16.8. The van der Waals surface area contributed by atoms with E-state index in [0.717, 1.165) is 22.1 Å². The summed E-state index contributed by atoms with van der Waals surface area (Å²) in [5.74, 6) is 0.772. The Morgan fingerprint density at radius 2 is 1.89 bits per heavy atom. The zero-order chi connectivity index (χ0) is 27.2. The summed E-state index contributed by atoms with van der Waals surface area (Å²) in [7, 11) is 0. The number of aromatic nitrogens is 3. The van der Waals surface area contributed by atoms with Crippen molar-refractivity contribution < 1.29 is 19.1 Å². The van der Waals surface area contributed by atoms with Crippen LogP contribution in [-0.2, 0) is 22.7 Å². The van der Waals surface area contributed by atoms with E-state index in [0.29, 0.717) is 33.8 Å². The van der Waals surface area contributed by atoms with Gasteiger partial charge in [-0.15, -0.1) is 10.2 Å². The smallest absolute Gasteiger partial charge is 0.338 e. The number of rotatable bonds is 10. The topological polar surface area (TPSA) is 95.3 Å². The third-order valence-electron chi connectivity index (χ3n) is 5.77. The molecule has 1 N–H and O–H groups in total. The molecule has 0 fully saturated rings. The quantitative estimate of drug-likeness (QED) is 0.182. The lowest BCUT2D eigenvalue weighted by atomic mass is 10.0. The van der Waals surface area contributed by atoms with E-state index < -0.39 is 5.97 Å². The van der Waals surface area contributed by atoms with E-state index in [2.05, 4.69) is 27.6 Å². The minimum Gasteiger partial charge on any atom is -0.485 e. The molecule has 0 aliphatic carbocycles. The number of halogens is 1. The largest absolute Gasteiger partial charge is 0.485 e. The van der Waals surface area contributed by atoms with Crippen molar-refractivity contribution in [2.45, 2.75) is 52.1 Å². The van der Waals surface area contributed by atoms with Crippen LogP contribution in [0.1, 0.15) is 42.5 Å². The number of carbonyl (C=O) groups is 2. The summed E-state index contributed by atoms with van der Waals surface area (Å²) >= 11 is 7.49. The molecule has 1 amide bonds. The lowest BCUT2D eigenvalue weighted by Crippen LogP contribution is -2.16. The van der Waals surface area contributed by atoms with E-state index in [-0.39, 0.29) is 24.4 Å². The summed E-state index contributed by atoms with van der Waals surface area (Å²) in [5.41, 5.74) is 1.72. The monoisotopic (exact) mass is 552 g/mol. The van der Waals surface area contributed by atoms with Crippen molar-refractivity contribution in [1.82, 2.24) is 14.8 Å². The molecule has 0 spiro atoms. The number of anilines is 1. The maximum Gasteiger partial charge on any atom is 0.338 e. The van der Waals surface area contributed by atoms with Crippen LogP contribution in [0, 0.1) is 6.92 Å². The van der Waals surface area contributed by atoms with Gasteiger partial charge in [-0.2, -0.15) is 0 Å². The van der Waals surface area contributed by atoms with Gasteiger partial charge < -0.3 is 19.4 Å². The molecule has 4 rings (SSSR count). The maximum absolute atomic E-state index is 12.7. The van der Waals surface area contributed by atoms with Crippen LogP contribution in [0.25, 0.3) is 10.8 Å². The number of thioether (sulfide) groups is 1. The molecule has 3 aromatic carbocycles. The minimum atomic E-state index is -0.480. The predicted molar refractivity (Wildman–Crippen MR) is 150 cm³/mol. The molecule has 0 saturated heterocycles. The first-order valence-electron chi connectivity index (χ1n) is 12.2. The Morgan fingerprint density at radius 3 is 2.66 bits per heavy atom. The molecule has 0 radical (unpaired) electrons. The number of benzene rings is 3. The fraction of sp³-hybridized carbons (Fsp3) is 0.286. The SMILES string of the molecule is CCn1c(COc2ccc3ccccc3c2C)nnc1SCC(=O)Nc1cc(C(=O)OC(C)C)ccc1Cl. The number of nitrogens with zero attached hydrogens (tertiary/aromatic N) is 3. The van der Waals surface area contributed by atoms with Gasteiger partial charge in [0.25, 0.3) is 0 Å². The normalized spacial score (nSPS) is 11.1. The second-order valence-electron chi connectivity index (χ2n) is 8.83. The average molecular weight is 553 g/mol. The zero-order valence-electron chi connectivity index (χ0n) is 21.7. The molecular formula is C28H29ClN4O4S. The first kappa shape index (κ1) is 27.5. The predicted octanol–water partition coefficient (Wildman–Crippen LogP) is 6.29. The molecule has 4 aromatic rings. The molecule has 198 valence electrons. The van der Waals surface area contributed by atoms with E-state index >= 15 is 0 Å². The van der Waals surface area contributed by atoms with Crippen molar-refractivity contribution in [3.8, 4) is 5.75 Å². The summed E-state index contributed by atoms with van der Waals surface area (Å²) in [4.78, 5) is 24.9. The fourth-order valence-corrected chi connectivity index (χ4v) is 4.89. The second kappa shape index (κ2) is 12.3. The average Bonchev–Trinajstić information content (AvgIpc) is 3.29. The lowest BCUT2D eigenvalue weighted by Gasteiger charge is -2.12. The van der Waals surface area contributed by atoms with Crippen LogP contribution in [0.4, 0.5) is 5.69 Å². The van der Waals surface area contributed by atoms with Crippen molar-refractivity contribution in [1.29, 1.82) is 0 Å². The molecule has 0 aliphatic rings. The number of carbonyl (C=O) groups excluding carboxylic acids is 2. The van der Waals surface area contributed by atoms with Crippen LogP contribution >= 0.6 is 23.4 Å². The zero-order valence-corrected chi connectivity index (χ0v) is 23.2. The first-order valence-corrected chi connectivity index (χ1v) is 13.6. The Bertz CT molecular complexity index is 1470. The Hall–Kier alpha value is -3.56. The number of fused-ring (bicyclic) bond motifs is 1. The molecule has 38 heavy (non-hydrogen) atoms. The van der Waals surface area contributed by atoms with Crippen LogP contribution in [0.5, 0.6) is 5.75 Å². The van der Waals surface area contributed by atoms with Crippen molar-refractivity contribution in [3.05, 3.63) is 76.6 Å². The molecule has 0 atom stereocenters. The van der Waals surface area contributed by atoms with Gasteiger partial charge in [-0.25, -0.2) is 4.79 Å². The van der Waals surface area contributed by atoms with Crippen LogP contribution in [0.15, 0.2) is 59.8 Å². The molecule has 1 aromatic heterocycles. The van der Waals surface area contributed by atoms with Gasteiger partial charge in [0.1, 0.15) is 12.4 Å². The second-order valence-corrected chi connectivity index (χ2v) is 10.2. The third-order valence-corrected chi connectivity index (χ3v) is 7.06. The summed E-state index contributed by atoms with van der Waals surface area (Å²) < 4.78 is 13.2. The van der Waals surface area contributed by atoms with Gasteiger partial charge in [0.2, 0.25) is 5.91 Å². The number of hydrogen-bond donors (Lipinski definition) is 1. The summed E-state index contributed by atoms with van der Waals surface area (Å²) in [6.45, 7) is 8.44. The van der Waals surface area contributed by atoms with E-state index in [4.69, 9.17) is 21.1 Å². The van der Waals surface area contributed by atoms with Gasteiger partial charge >= 0.3 is 5.97 Å². The van der Waals surface area contributed by atoms with Crippen LogP contribution < -0.4 is 10.1 Å². The summed E-state index contributed by atoms with van der Waals surface area (Å²) in [5, 5.41) is 14.5. The van der Waals surface area contributed by atoms with E-state index in [1.807, 2.05) is 42.7 Å². The van der Waals surface area contributed by atoms with Crippen molar-refractivity contribution in [2.24, 2.45) is 0 Å². The molecule has 1 heterocycles. The molecular weight excluding hydrogens is 524 g/mol. The highest BCUT2D eigenvalue weighted by atomic mass is 35.5. The van der Waals surface area contributed by atoms with Crippen molar-refractivity contribution in [2.75, 3.05) is 11.1 Å². The number of amides is 1. The molecule has 8 nitrogen and oxygen atoms in total. The van der Waals surface area contributed by atoms with Gasteiger partial charge in [0, 0.05) is 6.54 Å². The number of hydrogen-bond acceptors (Lipinski definition) is 7. The van der Waals surface area contributed by atoms with E-state index in [1.54, 1.807) is 26.0 Å². The highest BCUT2D eigenvalue weighted by Crippen LogP contribution is 2.28. The van der Waals surface area contributed by atoms with Crippen molar-refractivity contribution in [3.63, 3.8) is 0 Å². The molecule has 0 saturated carbocycles. The fourth-order valence-electron chi connectivity index (χ4n) is 3.90. The third kappa shape index (κ3) is 6.46. The minimum absolute atomic E-state index is 0.0831. The molecule has 10 heteroatoms. The Kier molecular flexibility index (Phi) is 8.91. The van der Waals surface area contributed by atoms with Gasteiger partial charge in [0.15, 0.2) is 11.0 Å². The van der Waals surface area contributed by atoms with Gasteiger partial charge in [-0.05, 0) is 68.3 Å². The Balaban J connectivity index is 1.38. The Morgan fingerprint density at radius 1 is 1.11 bits per heavy atom. The van der Waals surface area contributed by atoms with Crippen molar-refractivity contribution >= 4 is 51.7 Å². The molecule has 0 bridgehead atoms. The highest BCUT2D eigenvalue weighted by molar-refractivity contribution is 7.99. The van der Waals surface area contributed by atoms with Crippen LogP contribution in [0.3, 0.4) is 0 Å². The van der Waals surface area contributed by atoms with E-state index in [1.165, 1.54) is 17.8 Å². The number of nitrogens with one attached hydrogen (secondary N) is 1. The maximum atomic E-state index is 12.7. The summed E-state index contributed by atoms with van der Waals surface area (Å²) in [6.07, 6.45) is -0.254. The number of esters is 1. The van der Waals surface area contributed by atoms with Gasteiger partial charge in [0.05, 0.1) is 28.1 Å². The number of ether oxygens (including phenoxy) is 2. The first-order chi connectivity index (χ1) is 18.3. The standard InChI is InChI=1S/C28H29ClN4O4S/c1-5-33-25(15-36-24-13-11-19-8-6-7-9-21(19)18(24)4)31-32-28(33)38-16-26(34)30-23-14-20(10-12-22(23)29)27(35)37-17(2)3/h6-14,17H,5,15-16H2,1-4H3,(H,30,34). The van der Waals surface area contributed by atoms with Crippen LogP contribution in [-0.4, -0.2) is 38.5 Å². The van der Waals surface area contributed by atoms with Gasteiger partial charge in [-0.3, -0.25) is 4.79 Å². The van der Waals surface area contributed by atoms with Gasteiger partial charge in [-0.1, -0.05) is 53.7 Å². The lowest BCUT2D eigenvalue weighted by molar-refractivity contribution is -0.113. The van der Waals surface area contributed by atoms with Crippen LogP contribution in [0.2, 0.25) is 5.02 Å². The molecule has 0 aliphatic heterocycles. The Labute approximate surface area is 230 Å². The van der Waals surface area contributed by atoms with E-state index in [9.17, 15) is 9.59 Å². The highest BCUT2D eigenvalue weighted by Gasteiger charge is 2.17. The number of aryl methyl sites for hydroxylation is 1. The molecule has 0 unspecified atom stereocenters.